The molecule has 32 heavy (non-hydrogen) atoms. The summed E-state index contributed by atoms with van der Waals surface area (Å²) in [5.74, 6) is -0.139. The Kier molecular flexibility index (Phi) is 8.39. The van der Waals surface area contributed by atoms with Crippen LogP contribution in [0.1, 0.15) is 25.3 Å². The summed E-state index contributed by atoms with van der Waals surface area (Å²) < 4.78 is 16.8. The molecule has 0 amide bonds. The van der Waals surface area contributed by atoms with Crippen molar-refractivity contribution in [2.75, 3.05) is 19.8 Å². The zero-order chi connectivity index (χ0) is 22.8. The van der Waals surface area contributed by atoms with Crippen LogP contribution in [-0.4, -0.2) is 47.7 Å². The van der Waals surface area contributed by atoms with Gasteiger partial charge in [-0.2, -0.15) is 0 Å². The maximum Gasteiger partial charge on any atom is 0.333 e. The number of ether oxygens (including phenoxy) is 2. The van der Waals surface area contributed by atoms with Crippen LogP contribution < -0.4 is 4.74 Å². The highest BCUT2D eigenvalue weighted by Crippen LogP contribution is 2.20. The first-order valence-corrected chi connectivity index (χ1v) is 10.4. The Labute approximate surface area is 186 Å². The number of oxime groups is 1. The van der Waals surface area contributed by atoms with Crippen LogP contribution in [0.15, 0.2) is 70.4 Å². The second-order valence-corrected chi connectivity index (χ2v) is 6.78. The number of hydrogen-bond acceptors (Lipinski definition) is 7. The molecule has 0 saturated heterocycles. The van der Waals surface area contributed by atoms with E-state index in [0.717, 1.165) is 11.1 Å². The van der Waals surface area contributed by atoms with Gasteiger partial charge in [-0.25, -0.2) is 9.78 Å². The zero-order valence-corrected chi connectivity index (χ0v) is 18.1. The minimum Gasteiger partial charge on any atom is -0.487 e. The fourth-order valence-corrected chi connectivity index (χ4v) is 2.96. The van der Waals surface area contributed by atoms with E-state index in [4.69, 9.17) is 18.7 Å². The SMILES string of the molecule is CCO/N=C(\COc1cccc(CC(OCC)C(=O)O)c1)c1nc(-c2ccccc2)co1. The minimum absolute atomic E-state index is 0.0615. The van der Waals surface area contributed by atoms with E-state index in [-0.39, 0.29) is 13.0 Å². The summed E-state index contributed by atoms with van der Waals surface area (Å²) in [4.78, 5) is 21.1. The van der Waals surface area contributed by atoms with Gasteiger partial charge in [0, 0.05) is 18.6 Å². The number of carboxylic acid groups (broad SMARTS) is 1. The van der Waals surface area contributed by atoms with Gasteiger partial charge in [0.15, 0.2) is 11.8 Å². The first-order valence-electron chi connectivity index (χ1n) is 10.4. The monoisotopic (exact) mass is 438 g/mol. The standard InChI is InChI=1S/C24H26N2O6/c1-3-29-22(24(27)28)14-17-9-8-12-19(13-17)30-16-21(26-32-4-2)23-25-20(15-31-23)18-10-6-5-7-11-18/h5-13,15,22H,3-4,14,16H2,1-2H3,(H,27,28)/b26-21+. The Balaban J connectivity index is 1.71. The summed E-state index contributed by atoms with van der Waals surface area (Å²) in [5, 5.41) is 13.4. The largest absolute Gasteiger partial charge is 0.487 e. The molecule has 8 nitrogen and oxygen atoms in total. The lowest BCUT2D eigenvalue weighted by Crippen LogP contribution is -2.26. The van der Waals surface area contributed by atoms with Gasteiger partial charge in [0.1, 0.15) is 30.9 Å². The fourth-order valence-electron chi connectivity index (χ4n) is 2.96. The van der Waals surface area contributed by atoms with Crippen molar-refractivity contribution in [2.24, 2.45) is 5.16 Å². The molecule has 0 radical (unpaired) electrons. The molecule has 0 fully saturated rings. The number of carboxylic acids is 1. The van der Waals surface area contributed by atoms with Crippen molar-refractivity contribution in [1.82, 2.24) is 4.98 Å². The number of aromatic nitrogens is 1. The van der Waals surface area contributed by atoms with Gasteiger partial charge in [-0.15, -0.1) is 0 Å². The average Bonchev–Trinajstić information content (AvgIpc) is 3.30. The van der Waals surface area contributed by atoms with Crippen molar-refractivity contribution in [3.05, 3.63) is 72.3 Å². The van der Waals surface area contributed by atoms with E-state index in [2.05, 4.69) is 10.1 Å². The highest BCUT2D eigenvalue weighted by Gasteiger charge is 2.19. The Morgan fingerprint density at radius 3 is 2.66 bits per heavy atom. The van der Waals surface area contributed by atoms with Gasteiger partial charge in [0.25, 0.3) is 0 Å². The zero-order valence-electron chi connectivity index (χ0n) is 18.1. The molecule has 0 saturated carbocycles. The smallest absolute Gasteiger partial charge is 0.333 e. The van der Waals surface area contributed by atoms with Crippen LogP contribution in [0.4, 0.5) is 0 Å². The average molecular weight is 438 g/mol. The third-order valence-corrected chi connectivity index (χ3v) is 4.46. The van der Waals surface area contributed by atoms with E-state index in [9.17, 15) is 9.90 Å². The summed E-state index contributed by atoms with van der Waals surface area (Å²) in [6, 6.07) is 16.9. The number of nitrogens with zero attached hydrogens (tertiary/aromatic N) is 2. The van der Waals surface area contributed by atoms with Gasteiger partial charge in [-0.1, -0.05) is 47.6 Å². The van der Waals surface area contributed by atoms with Crippen molar-refractivity contribution < 1.29 is 28.6 Å². The van der Waals surface area contributed by atoms with Crippen molar-refractivity contribution in [2.45, 2.75) is 26.4 Å². The molecule has 1 N–H and O–H groups in total. The van der Waals surface area contributed by atoms with Crippen LogP contribution in [0.2, 0.25) is 0 Å². The molecule has 3 rings (SSSR count). The molecule has 1 aromatic heterocycles. The highest BCUT2D eigenvalue weighted by atomic mass is 16.6. The van der Waals surface area contributed by atoms with Crippen molar-refractivity contribution in [3.8, 4) is 17.0 Å². The van der Waals surface area contributed by atoms with E-state index >= 15 is 0 Å². The van der Waals surface area contributed by atoms with Gasteiger partial charge in [0.05, 0.1) is 0 Å². The van der Waals surface area contributed by atoms with E-state index < -0.39 is 12.1 Å². The lowest BCUT2D eigenvalue weighted by molar-refractivity contribution is -0.149. The molecule has 168 valence electrons. The molecule has 1 heterocycles. The molecule has 1 unspecified atom stereocenters. The second kappa shape index (κ2) is 11.7. The van der Waals surface area contributed by atoms with E-state index in [1.54, 1.807) is 31.4 Å². The van der Waals surface area contributed by atoms with Crippen molar-refractivity contribution in [1.29, 1.82) is 0 Å². The fraction of sp³-hybridized carbons (Fsp3) is 0.292. The molecule has 0 aliphatic carbocycles. The number of oxazole rings is 1. The van der Waals surface area contributed by atoms with Crippen molar-refractivity contribution in [3.63, 3.8) is 0 Å². The molecule has 8 heteroatoms. The minimum atomic E-state index is -0.998. The maximum absolute atomic E-state index is 11.4. The summed E-state index contributed by atoms with van der Waals surface area (Å²) in [6.07, 6.45) is 0.890. The van der Waals surface area contributed by atoms with Gasteiger partial charge < -0.3 is 23.8 Å². The Morgan fingerprint density at radius 1 is 1.12 bits per heavy atom. The van der Waals surface area contributed by atoms with Crippen LogP contribution in [0, 0.1) is 0 Å². The summed E-state index contributed by atoms with van der Waals surface area (Å²) in [6.45, 7) is 4.37. The first kappa shape index (κ1) is 23.0. The Morgan fingerprint density at radius 2 is 1.94 bits per heavy atom. The maximum atomic E-state index is 11.4. The lowest BCUT2D eigenvalue weighted by Gasteiger charge is -2.13. The van der Waals surface area contributed by atoms with Gasteiger partial charge >= 0.3 is 5.97 Å². The molecule has 0 aliphatic heterocycles. The lowest BCUT2D eigenvalue weighted by atomic mass is 10.1. The summed E-state index contributed by atoms with van der Waals surface area (Å²) in [7, 11) is 0. The molecule has 0 bridgehead atoms. The van der Waals surface area contributed by atoms with E-state index in [1.165, 1.54) is 0 Å². The molecule has 2 aromatic carbocycles. The quantitative estimate of drug-likeness (QED) is 0.334. The Bertz CT molecular complexity index is 1030. The van der Waals surface area contributed by atoms with Crippen LogP contribution in [0.25, 0.3) is 11.3 Å². The normalized spacial score (nSPS) is 12.4. The number of hydrogen-bond donors (Lipinski definition) is 1. The Hall–Kier alpha value is -3.65. The molecule has 0 spiro atoms. The number of carbonyl (C=O) groups is 1. The second-order valence-electron chi connectivity index (χ2n) is 6.78. The molecular weight excluding hydrogens is 412 g/mol. The van der Waals surface area contributed by atoms with Crippen molar-refractivity contribution >= 4 is 11.7 Å². The number of rotatable bonds is 12. The number of benzene rings is 2. The predicted octanol–water partition coefficient (Wildman–Crippen LogP) is 4.19. The van der Waals surface area contributed by atoms with Crippen LogP contribution in [-0.2, 0) is 20.8 Å². The molecule has 3 aromatic rings. The van der Waals surface area contributed by atoms with Crippen LogP contribution in [0.5, 0.6) is 5.75 Å². The van der Waals surface area contributed by atoms with E-state index in [1.807, 2.05) is 43.3 Å². The van der Waals surface area contributed by atoms with Crippen LogP contribution >= 0.6 is 0 Å². The first-order chi connectivity index (χ1) is 15.6. The molecule has 0 aliphatic rings. The van der Waals surface area contributed by atoms with Crippen LogP contribution in [0.3, 0.4) is 0 Å². The molecular formula is C24H26N2O6. The third kappa shape index (κ3) is 6.42. The molecule has 1 atom stereocenters. The van der Waals surface area contributed by atoms with Gasteiger partial charge in [-0.3, -0.25) is 0 Å². The van der Waals surface area contributed by atoms with E-state index in [0.29, 0.717) is 36.3 Å². The van der Waals surface area contributed by atoms with Gasteiger partial charge in [0.2, 0.25) is 5.89 Å². The third-order valence-electron chi connectivity index (χ3n) is 4.46. The number of aliphatic carboxylic acids is 1. The predicted molar refractivity (Wildman–Crippen MR) is 119 cm³/mol. The van der Waals surface area contributed by atoms with Gasteiger partial charge in [-0.05, 0) is 31.5 Å². The summed E-state index contributed by atoms with van der Waals surface area (Å²) in [5.41, 5.74) is 2.79. The highest BCUT2D eigenvalue weighted by molar-refractivity contribution is 5.97. The topological polar surface area (TPSA) is 103 Å². The summed E-state index contributed by atoms with van der Waals surface area (Å²) >= 11 is 0.